The third-order valence-corrected chi connectivity index (χ3v) is 4.80. The molecule has 3 aromatic carbocycles. The largest absolute Gasteiger partial charge is 0.298 e. The first-order chi connectivity index (χ1) is 14.0. The number of nitrogens with zero attached hydrogens (tertiary/aromatic N) is 1. The summed E-state index contributed by atoms with van der Waals surface area (Å²) in [5, 5.41) is 2.48. The molecule has 0 spiro atoms. The van der Waals surface area contributed by atoms with E-state index in [9.17, 15) is 14.0 Å². The number of carbonyl (C=O) groups excluding carboxylic acids is 2. The van der Waals surface area contributed by atoms with Gasteiger partial charge in [-0.15, -0.1) is 0 Å². The van der Waals surface area contributed by atoms with Crippen molar-refractivity contribution in [2.45, 2.75) is 0 Å². The molecule has 1 fully saturated rings. The predicted molar refractivity (Wildman–Crippen MR) is 114 cm³/mol. The Kier molecular flexibility index (Phi) is 5.01. The van der Waals surface area contributed by atoms with Gasteiger partial charge in [-0.25, -0.2) is 4.39 Å². The van der Waals surface area contributed by atoms with Gasteiger partial charge < -0.3 is 0 Å². The van der Waals surface area contributed by atoms with Gasteiger partial charge in [-0.3, -0.25) is 19.8 Å². The number of amides is 2. The summed E-state index contributed by atoms with van der Waals surface area (Å²) in [7, 11) is 0. The van der Waals surface area contributed by atoms with E-state index in [2.05, 4.69) is 5.32 Å². The maximum atomic E-state index is 13.2. The molecule has 6 heteroatoms. The van der Waals surface area contributed by atoms with Crippen molar-refractivity contribution >= 4 is 40.9 Å². The van der Waals surface area contributed by atoms with E-state index in [0.717, 1.165) is 11.1 Å². The Bertz CT molecular complexity index is 1120. The number of hydrogen-bond acceptors (Lipinski definition) is 3. The lowest BCUT2D eigenvalue weighted by Gasteiger charge is -2.28. The third kappa shape index (κ3) is 3.83. The molecule has 4 nitrogen and oxygen atoms in total. The molecule has 0 atom stereocenters. The summed E-state index contributed by atoms with van der Waals surface area (Å²) < 4.78 is 13.2. The quantitative estimate of drug-likeness (QED) is 0.403. The molecule has 0 radical (unpaired) electrons. The van der Waals surface area contributed by atoms with Crippen molar-refractivity contribution in [3.63, 3.8) is 0 Å². The normalized spacial score (nSPS) is 15.6. The van der Waals surface area contributed by atoms with Crippen LogP contribution in [0.1, 0.15) is 5.56 Å². The van der Waals surface area contributed by atoms with Crippen molar-refractivity contribution in [1.29, 1.82) is 0 Å². The highest BCUT2D eigenvalue weighted by atomic mass is 32.1. The highest BCUT2D eigenvalue weighted by molar-refractivity contribution is 7.80. The number of thiocarbonyl (C=S) groups is 1. The Morgan fingerprint density at radius 2 is 1.45 bits per heavy atom. The van der Waals surface area contributed by atoms with Crippen LogP contribution in [-0.2, 0) is 9.59 Å². The van der Waals surface area contributed by atoms with Crippen LogP contribution in [0.15, 0.2) is 84.4 Å². The van der Waals surface area contributed by atoms with Crippen LogP contribution in [0.3, 0.4) is 0 Å². The number of hydrogen-bond donors (Lipinski definition) is 1. The standard InChI is InChI=1S/C23H15FN2O2S/c24-18-10-12-19(13-11-18)26-22(28)20(21(27)25-23(26)29)14-15-6-8-17(9-7-15)16-4-2-1-3-5-16/h1-14H,(H,25,27,29)/b20-14-. The van der Waals surface area contributed by atoms with Crippen molar-refractivity contribution in [2.75, 3.05) is 4.90 Å². The molecule has 29 heavy (non-hydrogen) atoms. The molecule has 0 unspecified atom stereocenters. The van der Waals surface area contributed by atoms with E-state index in [1.54, 1.807) is 0 Å². The van der Waals surface area contributed by atoms with E-state index in [4.69, 9.17) is 12.2 Å². The lowest BCUT2D eigenvalue weighted by Crippen LogP contribution is -2.54. The second-order valence-corrected chi connectivity index (χ2v) is 6.81. The zero-order valence-electron chi connectivity index (χ0n) is 15.1. The summed E-state index contributed by atoms with van der Waals surface area (Å²) in [6, 6.07) is 22.7. The lowest BCUT2D eigenvalue weighted by atomic mass is 10.0. The van der Waals surface area contributed by atoms with Gasteiger partial charge in [0.25, 0.3) is 11.8 Å². The first-order valence-corrected chi connectivity index (χ1v) is 9.26. The third-order valence-electron chi connectivity index (χ3n) is 4.52. The highest BCUT2D eigenvalue weighted by Gasteiger charge is 2.34. The Morgan fingerprint density at radius 1 is 0.828 bits per heavy atom. The van der Waals surface area contributed by atoms with Gasteiger partial charge in [-0.05, 0) is 59.2 Å². The van der Waals surface area contributed by atoms with Gasteiger partial charge in [-0.2, -0.15) is 0 Å². The second-order valence-electron chi connectivity index (χ2n) is 6.42. The predicted octanol–water partition coefficient (Wildman–Crippen LogP) is 4.32. The average Bonchev–Trinajstić information content (AvgIpc) is 2.73. The number of anilines is 1. The van der Waals surface area contributed by atoms with E-state index in [-0.39, 0.29) is 10.7 Å². The van der Waals surface area contributed by atoms with Crippen molar-refractivity contribution in [1.82, 2.24) is 5.32 Å². The van der Waals surface area contributed by atoms with E-state index < -0.39 is 17.6 Å². The minimum atomic E-state index is -0.564. The van der Waals surface area contributed by atoms with Crippen LogP contribution in [0.2, 0.25) is 0 Å². The zero-order valence-corrected chi connectivity index (χ0v) is 15.9. The second kappa shape index (κ2) is 7.77. The molecule has 0 saturated carbocycles. The van der Waals surface area contributed by atoms with E-state index in [1.807, 2.05) is 54.6 Å². The van der Waals surface area contributed by atoms with Crippen molar-refractivity contribution in [2.24, 2.45) is 0 Å². The first kappa shape index (κ1) is 18.7. The summed E-state index contributed by atoms with van der Waals surface area (Å²) in [4.78, 5) is 26.5. The smallest absolute Gasteiger partial charge is 0.270 e. The van der Waals surface area contributed by atoms with E-state index in [1.165, 1.54) is 35.2 Å². The van der Waals surface area contributed by atoms with E-state index >= 15 is 0 Å². The van der Waals surface area contributed by atoms with Crippen molar-refractivity contribution in [3.8, 4) is 11.1 Å². The maximum Gasteiger partial charge on any atom is 0.270 e. The molecule has 3 aromatic rings. The molecule has 1 N–H and O–H groups in total. The van der Waals surface area contributed by atoms with Crippen LogP contribution in [0.5, 0.6) is 0 Å². The molecule has 1 heterocycles. The molecular weight excluding hydrogens is 387 g/mol. The van der Waals surface area contributed by atoms with Crippen molar-refractivity contribution < 1.29 is 14.0 Å². The molecule has 1 aliphatic rings. The maximum absolute atomic E-state index is 13.2. The number of benzene rings is 3. The average molecular weight is 402 g/mol. The minimum absolute atomic E-state index is 0.0387. The van der Waals surface area contributed by atoms with Gasteiger partial charge >= 0.3 is 0 Å². The fourth-order valence-electron chi connectivity index (χ4n) is 3.05. The SMILES string of the molecule is O=C1NC(=S)N(c2ccc(F)cc2)C(=O)/C1=C\c1ccc(-c2ccccc2)cc1. The fraction of sp³-hybridized carbons (Fsp3) is 0. The first-order valence-electron chi connectivity index (χ1n) is 8.85. The van der Waals surface area contributed by atoms with Gasteiger partial charge in [0.15, 0.2) is 5.11 Å². The Labute approximate surface area is 172 Å². The van der Waals surface area contributed by atoms with Crippen LogP contribution in [0, 0.1) is 5.82 Å². The Balaban J connectivity index is 1.65. The minimum Gasteiger partial charge on any atom is -0.298 e. The fourth-order valence-corrected chi connectivity index (χ4v) is 3.33. The summed E-state index contributed by atoms with van der Waals surface area (Å²) in [6.45, 7) is 0. The van der Waals surface area contributed by atoms with Crippen LogP contribution in [-0.4, -0.2) is 16.9 Å². The number of rotatable bonds is 3. The molecule has 1 aliphatic heterocycles. The summed E-state index contributed by atoms with van der Waals surface area (Å²) in [5.41, 5.74) is 3.14. The molecule has 0 aromatic heterocycles. The van der Waals surface area contributed by atoms with Crippen molar-refractivity contribution in [3.05, 3.63) is 95.8 Å². The van der Waals surface area contributed by atoms with Crippen LogP contribution >= 0.6 is 12.2 Å². The molecule has 2 amide bonds. The summed E-state index contributed by atoms with van der Waals surface area (Å²) in [5.74, 6) is -1.55. The molecule has 4 rings (SSSR count). The number of nitrogens with one attached hydrogen (secondary N) is 1. The number of halogens is 1. The molecular formula is C23H15FN2O2S. The Hall–Kier alpha value is -3.64. The Morgan fingerprint density at radius 3 is 2.10 bits per heavy atom. The topological polar surface area (TPSA) is 49.4 Å². The van der Waals surface area contributed by atoms with Gasteiger partial charge in [0.1, 0.15) is 11.4 Å². The van der Waals surface area contributed by atoms with Crippen LogP contribution in [0.4, 0.5) is 10.1 Å². The lowest BCUT2D eigenvalue weighted by molar-refractivity contribution is -0.122. The highest BCUT2D eigenvalue weighted by Crippen LogP contribution is 2.24. The van der Waals surface area contributed by atoms with Gasteiger partial charge in [-0.1, -0.05) is 54.6 Å². The van der Waals surface area contributed by atoms with Crippen LogP contribution in [0.25, 0.3) is 17.2 Å². The van der Waals surface area contributed by atoms with Crippen LogP contribution < -0.4 is 10.2 Å². The monoisotopic (exact) mass is 402 g/mol. The molecule has 1 saturated heterocycles. The molecule has 0 bridgehead atoms. The van der Waals surface area contributed by atoms with Gasteiger partial charge in [0, 0.05) is 0 Å². The summed E-state index contributed by atoms with van der Waals surface area (Å²) >= 11 is 5.14. The van der Waals surface area contributed by atoms with Gasteiger partial charge in [0.05, 0.1) is 5.69 Å². The molecule has 0 aliphatic carbocycles. The van der Waals surface area contributed by atoms with E-state index in [0.29, 0.717) is 11.3 Å². The zero-order chi connectivity index (χ0) is 20.4. The summed E-state index contributed by atoms with van der Waals surface area (Å²) in [6.07, 6.45) is 1.52. The molecule has 142 valence electrons. The number of carbonyl (C=O) groups is 2. The van der Waals surface area contributed by atoms with Gasteiger partial charge in [0.2, 0.25) is 0 Å².